The second-order valence-electron chi connectivity index (χ2n) is 15.2. The van der Waals surface area contributed by atoms with Crippen molar-refractivity contribution in [3.63, 3.8) is 0 Å². The highest BCUT2D eigenvalue weighted by Gasteiger charge is 2.62. The van der Waals surface area contributed by atoms with E-state index in [1.807, 2.05) is 24.3 Å². The first-order valence-corrected chi connectivity index (χ1v) is 20.0. The predicted octanol–water partition coefficient (Wildman–Crippen LogP) is 2.78. The minimum absolute atomic E-state index is 0.0415. The van der Waals surface area contributed by atoms with Crippen molar-refractivity contribution in [2.24, 2.45) is 11.8 Å². The van der Waals surface area contributed by atoms with Crippen LogP contribution in [0.1, 0.15) is 80.9 Å². The largest absolute Gasteiger partial charge is 0.444 e. The van der Waals surface area contributed by atoms with Crippen molar-refractivity contribution < 1.29 is 37.1 Å². The van der Waals surface area contributed by atoms with Crippen molar-refractivity contribution in [3.8, 4) is 0 Å². The van der Waals surface area contributed by atoms with Crippen LogP contribution in [-0.2, 0) is 42.2 Å². The average molecular weight is 737 g/mol. The van der Waals surface area contributed by atoms with Gasteiger partial charge in [-0.2, -0.15) is 0 Å². The van der Waals surface area contributed by atoms with Crippen molar-refractivity contribution in [2.45, 2.75) is 106 Å². The number of rotatable bonds is 7. The SMILES string of the molecule is C=C[C@H]1C[C@]1(NC(=O)[C@@H]1C[C@@H]2CN1C(=O)[C@H](C1CCCC1)NC(=O)N(C)CCC/C=C/c1cccc3c1CN(C3)C(=O)O2)C(=O)NS(=O)(=O)C1CC1. The summed E-state index contributed by atoms with van der Waals surface area (Å²) in [6, 6.07) is 3.47. The zero-order valence-corrected chi connectivity index (χ0v) is 30.4. The lowest BCUT2D eigenvalue weighted by atomic mass is 9.96. The van der Waals surface area contributed by atoms with Gasteiger partial charge in [0, 0.05) is 32.5 Å². The molecule has 5 atom stereocenters. The van der Waals surface area contributed by atoms with Crippen molar-refractivity contribution in [1.82, 2.24) is 30.1 Å². The molecule has 6 aliphatic rings. The van der Waals surface area contributed by atoms with Gasteiger partial charge in [0.2, 0.25) is 21.8 Å². The van der Waals surface area contributed by atoms with Gasteiger partial charge in [-0.1, -0.05) is 49.3 Å². The number of hydrogen-bond donors (Lipinski definition) is 3. The van der Waals surface area contributed by atoms with E-state index in [1.54, 1.807) is 16.8 Å². The summed E-state index contributed by atoms with van der Waals surface area (Å²) >= 11 is 0. The summed E-state index contributed by atoms with van der Waals surface area (Å²) in [6.45, 7) is 4.86. The molecule has 0 unspecified atom stereocenters. The van der Waals surface area contributed by atoms with Crippen LogP contribution < -0.4 is 15.4 Å². The first-order chi connectivity index (χ1) is 24.9. The van der Waals surface area contributed by atoms with Crippen LogP contribution >= 0.6 is 0 Å². The number of fused-ring (bicyclic) bond motifs is 3. The molecule has 4 fully saturated rings. The molecular formula is C37H48N6O8S. The first kappa shape index (κ1) is 36.0. The first-order valence-electron chi connectivity index (χ1n) is 18.5. The Bertz CT molecular complexity index is 1790. The number of carbonyl (C=O) groups excluding carboxylic acids is 5. The van der Waals surface area contributed by atoms with Gasteiger partial charge < -0.3 is 25.2 Å². The molecule has 52 heavy (non-hydrogen) atoms. The molecule has 0 aromatic heterocycles. The molecular weight excluding hydrogens is 689 g/mol. The number of amides is 6. The zero-order chi connectivity index (χ0) is 36.8. The maximum absolute atomic E-state index is 14.6. The van der Waals surface area contributed by atoms with Crippen LogP contribution in [0.5, 0.6) is 0 Å². The van der Waals surface area contributed by atoms with E-state index in [1.165, 1.54) is 11.0 Å². The van der Waals surface area contributed by atoms with Gasteiger partial charge in [0.15, 0.2) is 0 Å². The van der Waals surface area contributed by atoms with Gasteiger partial charge in [-0.25, -0.2) is 18.0 Å². The van der Waals surface area contributed by atoms with Gasteiger partial charge in [0.05, 0.1) is 18.3 Å². The van der Waals surface area contributed by atoms with E-state index < -0.39 is 74.8 Å². The number of benzene rings is 1. The number of carbonyl (C=O) groups is 5. The number of nitrogens with zero attached hydrogens (tertiary/aromatic N) is 3. The lowest BCUT2D eigenvalue weighted by Gasteiger charge is -2.33. The Morgan fingerprint density at radius 3 is 2.56 bits per heavy atom. The Morgan fingerprint density at radius 2 is 1.85 bits per heavy atom. The second kappa shape index (κ2) is 14.2. The molecule has 6 amide bonds. The molecule has 14 nitrogen and oxygen atoms in total. The van der Waals surface area contributed by atoms with Crippen LogP contribution in [0.3, 0.4) is 0 Å². The number of allylic oxidation sites excluding steroid dienone is 1. The highest BCUT2D eigenvalue weighted by Crippen LogP contribution is 2.45. The summed E-state index contributed by atoms with van der Waals surface area (Å²) in [4.78, 5) is 74.0. The third-order valence-corrected chi connectivity index (χ3v) is 13.4. The Labute approximate surface area is 304 Å². The lowest BCUT2D eigenvalue weighted by molar-refractivity contribution is -0.142. The molecule has 0 radical (unpaired) electrons. The number of ether oxygens (including phenoxy) is 1. The topological polar surface area (TPSA) is 175 Å². The van der Waals surface area contributed by atoms with E-state index >= 15 is 0 Å². The molecule has 4 bridgehead atoms. The van der Waals surface area contributed by atoms with Crippen molar-refractivity contribution in [2.75, 3.05) is 20.1 Å². The minimum Gasteiger partial charge on any atom is -0.444 e. The van der Waals surface area contributed by atoms with Crippen molar-refractivity contribution in [1.29, 1.82) is 0 Å². The fourth-order valence-corrected chi connectivity index (χ4v) is 9.56. The summed E-state index contributed by atoms with van der Waals surface area (Å²) < 4.78 is 33.5. The smallest absolute Gasteiger partial charge is 0.410 e. The zero-order valence-electron chi connectivity index (χ0n) is 29.6. The molecule has 1 saturated heterocycles. The molecule has 3 N–H and O–H groups in total. The highest BCUT2D eigenvalue weighted by atomic mass is 32.2. The molecule has 280 valence electrons. The average Bonchev–Trinajstić information content (AvgIpc) is 3.90. The van der Waals surface area contributed by atoms with Gasteiger partial charge in [0.1, 0.15) is 23.7 Å². The maximum atomic E-state index is 14.6. The Hall–Kier alpha value is -4.40. The van der Waals surface area contributed by atoms with Crippen LogP contribution in [0, 0.1) is 11.8 Å². The predicted molar refractivity (Wildman–Crippen MR) is 191 cm³/mol. The molecule has 1 aromatic rings. The summed E-state index contributed by atoms with van der Waals surface area (Å²) in [5.41, 5.74) is 1.49. The lowest BCUT2D eigenvalue weighted by Crippen LogP contribution is -2.59. The number of sulfonamides is 1. The van der Waals surface area contributed by atoms with E-state index in [0.717, 1.165) is 48.8 Å². The number of hydrogen-bond acceptors (Lipinski definition) is 8. The summed E-state index contributed by atoms with van der Waals surface area (Å²) in [7, 11) is -2.20. The molecule has 3 aliphatic carbocycles. The van der Waals surface area contributed by atoms with Gasteiger partial charge in [-0.05, 0) is 67.6 Å². The third-order valence-electron chi connectivity index (χ3n) is 11.6. The Balaban J connectivity index is 1.17. The summed E-state index contributed by atoms with van der Waals surface area (Å²) in [6.07, 6.45) is 9.90. The molecule has 0 spiro atoms. The second-order valence-corrected chi connectivity index (χ2v) is 17.2. The fourth-order valence-electron chi connectivity index (χ4n) is 8.20. The summed E-state index contributed by atoms with van der Waals surface area (Å²) in [5.74, 6) is -2.64. The molecule has 7 rings (SSSR count). The van der Waals surface area contributed by atoms with Gasteiger partial charge in [-0.3, -0.25) is 24.0 Å². The molecule has 3 heterocycles. The molecule has 15 heteroatoms. The van der Waals surface area contributed by atoms with Crippen LogP contribution in [0.25, 0.3) is 6.08 Å². The van der Waals surface area contributed by atoms with Crippen molar-refractivity contribution in [3.05, 3.63) is 53.6 Å². The van der Waals surface area contributed by atoms with E-state index in [0.29, 0.717) is 38.9 Å². The quantitative estimate of drug-likeness (QED) is 0.359. The fraction of sp³-hybridized carbons (Fsp3) is 0.595. The highest BCUT2D eigenvalue weighted by molar-refractivity contribution is 7.91. The van der Waals surface area contributed by atoms with Gasteiger partial charge in [0.25, 0.3) is 5.91 Å². The van der Waals surface area contributed by atoms with Gasteiger partial charge >= 0.3 is 12.1 Å². The molecule has 3 saturated carbocycles. The Kier molecular flexibility index (Phi) is 9.83. The van der Waals surface area contributed by atoms with E-state index in [4.69, 9.17) is 4.74 Å². The third kappa shape index (κ3) is 7.15. The maximum Gasteiger partial charge on any atom is 0.410 e. The van der Waals surface area contributed by atoms with E-state index in [9.17, 15) is 32.4 Å². The number of nitrogens with one attached hydrogen (secondary N) is 3. The summed E-state index contributed by atoms with van der Waals surface area (Å²) in [5, 5.41) is 5.12. The van der Waals surface area contributed by atoms with Crippen LogP contribution in [0.15, 0.2) is 36.9 Å². The Morgan fingerprint density at radius 1 is 1.08 bits per heavy atom. The van der Waals surface area contributed by atoms with Crippen LogP contribution in [-0.4, -0.2) is 102 Å². The van der Waals surface area contributed by atoms with E-state index in [-0.39, 0.29) is 25.3 Å². The number of urea groups is 1. The van der Waals surface area contributed by atoms with Crippen LogP contribution in [0.4, 0.5) is 9.59 Å². The minimum atomic E-state index is -3.89. The van der Waals surface area contributed by atoms with E-state index in [2.05, 4.69) is 28.0 Å². The van der Waals surface area contributed by atoms with Crippen LogP contribution in [0.2, 0.25) is 0 Å². The molecule has 3 aliphatic heterocycles. The monoisotopic (exact) mass is 736 g/mol. The normalized spacial score (nSPS) is 30.5. The van der Waals surface area contributed by atoms with Crippen molar-refractivity contribution >= 4 is 45.9 Å². The standard InChI is InChI=1S/C37H48N6O8S/c1-3-26-19-37(26,34(46)40-52(49,50)28-15-16-28)39-32(44)30-18-27-21-43(30)33(45)31(24-11-6-7-12-24)38-35(47)41(2)17-8-4-5-10-23-13-9-14-25-20-42(22-29(23)25)36(48)51-27/h3,5,9-10,13-14,24,26-28,30-31H,1,4,6-8,11-12,15-22H2,2H3,(H,38,47)(H,39,44)(H,40,46)/b10-5+/t26-,27+,30-,31-,37+/m0/s1. The van der Waals surface area contributed by atoms with Gasteiger partial charge in [-0.15, -0.1) is 6.58 Å². The molecule has 1 aromatic carbocycles.